The average Bonchev–Trinajstić information content (AvgIpc) is 3.08. The standard InChI is InChI=1S/C17H20N4O2/c1-14(22)21-10-9-20(17(23)12-19-8-7-18-13-19)11-16(21)15-5-3-2-4-6-15/h2-8,13,16H,9-12H2,1H3/t16-/m1/s1. The molecule has 1 aromatic carbocycles. The fourth-order valence-corrected chi connectivity index (χ4v) is 2.98. The van der Waals surface area contributed by atoms with E-state index in [1.54, 1.807) is 30.2 Å². The minimum atomic E-state index is -0.0887. The summed E-state index contributed by atoms with van der Waals surface area (Å²) in [4.78, 5) is 32.0. The van der Waals surface area contributed by atoms with E-state index < -0.39 is 0 Å². The molecule has 1 aliphatic heterocycles. The van der Waals surface area contributed by atoms with Crippen LogP contribution in [0.3, 0.4) is 0 Å². The van der Waals surface area contributed by atoms with Gasteiger partial charge < -0.3 is 14.4 Å². The first-order valence-electron chi connectivity index (χ1n) is 7.71. The Morgan fingerprint density at radius 1 is 1.22 bits per heavy atom. The molecule has 0 unspecified atom stereocenters. The highest BCUT2D eigenvalue weighted by molar-refractivity contribution is 5.77. The molecule has 0 bridgehead atoms. The molecule has 0 N–H and O–H groups in total. The zero-order valence-electron chi connectivity index (χ0n) is 13.1. The summed E-state index contributed by atoms with van der Waals surface area (Å²) in [6.07, 6.45) is 5.07. The third-order valence-electron chi connectivity index (χ3n) is 4.20. The minimum absolute atomic E-state index is 0.0422. The van der Waals surface area contributed by atoms with Crippen molar-refractivity contribution in [2.75, 3.05) is 19.6 Å². The summed E-state index contributed by atoms with van der Waals surface area (Å²) >= 11 is 0. The number of carbonyl (C=O) groups is 2. The highest BCUT2D eigenvalue weighted by Gasteiger charge is 2.31. The van der Waals surface area contributed by atoms with Crippen LogP contribution in [-0.2, 0) is 16.1 Å². The van der Waals surface area contributed by atoms with E-state index in [-0.39, 0.29) is 24.4 Å². The average molecular weight is 312 g/mol. The molecule has 3 rings (SSSR count). The maximum atomic E-state index is 12.5. The van der Waals surface area contributed by atoms with Gasteiger partial charge in [-0.2, -0.15) is 0 Å². The molecule has 2 heterocycles. The van der Waals surface area contributed by atoms with Crippen LogP contribution in [-0.4, -0.2) is 50.8 Å². The lowest BCUT2D eigenvalue weighted by Crippen LogP contribution is -2.52. The SMILES string of the molecule is CC(=O)N1CCN(C(=O)Cn2ccnc2)C[C@@H]1c1ccccc1. The molecule has 0 radical (unpaired) electrons. The van der Waals surface area contributed by atoms with E-state index in [4.69, 9.17) is 0 Å². The Morgan fingerprint density at radius 3 is 2.65 bits per heavy atom. The topological polar surface area (TPSA) is 58.4 Å². The van der Waals surface area contributed by atoms with Crippen LogP contribution in [0, 0.1) is 0 Å². The Balaban J connectivity index is 1.75. The van der Waals surface area contributed by atoms with Gasteiger partial charge in [0.25, 0.3) is 0 Å². The molecule has 0 saturated carbocycles. The van der Waals surface area contributed by atoms with Crippen molar-refractivity contribution in [3.8, 4) is 0 Å². The number of hydrogen-bond acceptors (Lipinski definition) is 3. The first kappa shape index (κ1) is 15.3. The van der Waals surface area contributed by atoms with E-state index in [1.807, 2.05) is 40.1 Å². The molecule has 2 aromatic rings. The van der Waals surface area contributed by atoms with E-state index in [1.165, 1.54) is 0 Å². The molecule has 0 aliphatic carbocycles. The number of imidazole rings is 1. The Bertz CT molecular complexity index is 669. The van der Waals surface area contributed by atoms with E-state index in [2.05, 4.69) is 4.98 Å². The van der Waals surface area contributed by atoms with Crippen molar-refractivity contribution in [1.82, 2.24) is 19.4 Å². The van der Waals surface area contributed by atoms with Gasteiger partial charge in [-0.1, -0.05) is 30.3 Å². The summed E-state index contributed by atoms with van der Waals surface area (Å²) in [5.41, 5.74) is 1.06. The maximum absolute atomic E-state index is 12.5. The number of benzene rings is 1. The molecule has 6 nitrogen and oxygen atoms in total. The molecule has 1 saturated heterocycles. The van der Waals surface area contributed by atoms with Crippen molar-refractivity contribution in [3.63, 3.8) is 0 Å². The van der Waals surface area contributed by atoms with Crippen LogP contribution in [0.1, 0.15) is 18.5 Å². The van der Waals surface area contributed by atoms with Crippen molar-refractivity contribution >= 4 is 11.8 Å². The fraction of sp³-hybridized carbons (Fsp3) is 0.353. The molecular weight excluding hydrogens is 292 g/mol. The Hall–Kier alpha value is -2.63. The summed E-state index contributed by atoms with van der Waals surface area (Å²) in [5.74, 6) is 0.0905. The quantitative estimate of drug-likeness (QED) is 0.859. The van der Waals surface area contributed by atoms with Crippen LogP contribution >= 0.6 is 0 Å². The summed E-state index contributed by atoms with van der Waals surface area (Å²) in [7, 11) is 0. The van der Waals surface area contributed by atoms with Gasteiger partial charge in [0.15, 0.2) is 0 Å². The number of carbonyl (C=O) groups excluding carboxylic acids is 2. The lowest BCUT2D eigenvalue weighted by Gasteiger charge is -2.41. The molecule has 1 aromatic heterocycles. The molecule has 1 aliphatic rings. The second-order valence-corrected chi connectivity index (χ2v) is 5.71. The van der Waals surface area contributed by atoms with Crippen molar-refractivity contribution in [3.05, 3.63) is 54.6 Å². The van der Waals surface area contributed by atoms with Crippen molar-refractivity contribution in [1.29, 1.82) is 0 Å². The van der Waals surface area contributed by atoms with Crippen LogP contribution in [0.15, 0.2) is 49.1 Å². The van der Waals surface area contributed by atoms with Gasteiger partial charge in [0.1, 0.15) is 6.54 Å². The Morgan fingerprint density at radius 2 is 2.00 bits per heavy atom. The van der Waals surface area contributed by atoms with Gasteiger partial charge >= 0.3 is 0 Å². The minimum Gasteiger partial charge on any atom is -0.337 e. The summed E-state index contributed by atoms with van der Waals surface area (Å²) < 4.78 is 1.76. The van der Waals surface area contributed by atoms with Gasteiger partial charge in [-0.05, 0) is 5.56 Å². The molecule has 2 amide bonds. The smallest absolute Gasteiger partial charge is 0.242 e. The lowest BCUT2D eigenvalue weighted by atomic mass is 10.0. The lowest BCUT2D eigenvalue weighted by molar-refractivity contribution is -0.142. The van der Waals surface area contributed by atoms with Crippen LogP contribution in [0.2, 0.25) is 0 Å². The number of rotatable bonds is 3. The summed E-state index contributed by atoms with van der Waals surface area (Å²) in [6.45, 7) is 3.51. The first-order chi connectivity index (χ1) is 11.1. The molecule has 0 spiro atoms. The fourth-order valence-electron chi connectivity index (χ4n) is 2.98. The predicted molar refractivity (Wildman–Crippen MR) is 85.4 cm³/mol. The van der Waals surface area contributed by atoms with Gasteiger partial charge in [-0.3, -0.25) is 9.59 Å². The van der Waals surface area contributed by atoms with Crippen LogP contribution in [0.5, 0.6) is 0 Å². The highest BCUT2D eigenvalue weighted by atomic mass is 16.2. The van der Waals surface area contributed by atoms with Gasteiger partial charge in [-0.25, -0.2) is 4.98 Å². The second kappa shape index (κ2) is 6.64. The number of aromatic nitrogens is 2. The molecular formula is C17H20N4O2. The zero-order chi connectivity index (χ0) is 16.2. The second-order valence-electron chi connectivity index (χ2n) is 5.71. The van der Waals surface area contributed by atoms with Crippen LogP contribution < -0.4 is 0 Å². The van der Waals surface area contributed by atoms with E-state index in [0.717, 1.165) is 5.56 Å². The molecule has 1 fully saturated rings. The molecule has 6 heteroatoms. The Labute approximate surface area is 135 Å². The van der Waals surface area contributed by atoms with Gasteiger partial charge in [0.2, 0.25) is 11.8 Å². The molecule has 1 atom stereocenters. The van der Waals surface area contributed by atoms with Crippen molar-refractivity contribution in [2.24, 2.45) is 0 Å². The van der Waals surface area contributed by atoms with Crippen LogP contribution in [0.4, 0.5) is 0 Å². The summed E-state index contributed by atoms with van der Waals surface area (Å²) in [5, 5.41) is 0. The van der Waals surface area contributed by atoms with Gasteiger partial charge in [0, 0.05) is 39.0 Å². The Kier molecular flexibility index (Phi) is 4.41. The zero-order valence-corrected chi connectivity index (χ0v) is 13.1. The third-order valence-corrected chi connectivity index (χ3v) is 4.20. The first-order valence-corrected chi connectivity index (χ1v) is 7.71. The van der Waals surface area contributed by atoms with E-state index in [0.29, 0.717) is 19.6 Å². The van der Waals surface area contributed by atoms with Crippen molar-refractivity contribution < 1.29 is 9.59 Å². The number of nitrogens with zero attached hydrogens (tertiary/aromatic N) is 4. The largest absolute Gasteiger partial charge is 0.337 e. The normalized spacial score (nSPS) is 18.0. The van der Waals surface area contributed by atoms with Crippen LogP contribution in [0.25, 0.3) is 0 Å². The summed E-state index contributed by atoms with van der Waals surface area (Å²) in [6, 6.07) is 9.79. The number of piperazine rings is 1. The third kappa shape index (κ3) is 3.41. The predicted octanol–water partition coefficient (Wildman–Crippen LogP) is 1.32. The maximum Gasteiger partial charge on any atom is 0.242 e. The number of hydrogen-bond donors (Lipinski definition) is 0. The van der Waals surface area contributed by atoms with E-state index >= 15 is 0 Å². The monoisotopic (exact) mass is 312 g/mol. The van der Waals surface area contributed by atoms with Crippen molar-refractivity contribution in [2.45, 2.75) is 19.5 Å². The molecule has 23 heavy (non-hydrogen) atoms. The highest BCUT2D eigenvalue weighted by Crippen LogP contribution is 2.25. The number of amides is 2. The van der Waals surface area contributed by atoms with E-state index in [9.17, 15) is 9.59 Å². The van der Waals surface area contributed by atoms with Gasteiger partial charge in [0.05, 0.1) is 12.4 Å². The molecule has 120 valence electrons. The van der Waals surface area contributed by atoms with Gasteiger partial charge in [-0.15, -0.1) is 0 Å².